The summed E-state index contributed by atoms with van der Waals surface area (Å²) >= 11 is 3.37. The number of halogens is 1. The van der Waals surface area contributed by atoms with Gasteiger partial charge in [-0.25, -0.2) is 0 Å². The van der Waals surface area contributed by atoms with Gasteiger partial charge in [0.05, 0.1) is 12.7 Å². The normalized spacial score (nSPS) is 10.7. The molecule has 1 N–H and O–H groups in total. The zero-order chi connectivity index (χ0) is 15.7. The van der Waals surface area contributed by atoms with Crippen molar-refractivity contribution >= 4 is 38.5 Å². The lowest BCUT2D eigenvalue weighted by molar-refractivity contribution is 0.102. The molecule has 0 atom stereocenters. The van der Waals surface area contributed by atoms with Gasteiger partial charge in [0.25, 0.3) is 5.91 Å². The Morgan fingerprint density at radius 1 is 1.18 bits per heavy atom. The van der Waals surface area contributed by atoms with Crippen LogP contribution >= 0.6 is 15.9 Å². The minimum absolute atomic E-state index is 0.202. The Kier molecular flexibility index (Phi) is 3.90. The van der Waals surface area contributed by atoms with Gasteiger partial charge in [0.2, 0.25) is 0 Å². The number of fused-ring (bicyclic) bond motifs is 1. The first-order chi connectivity index (χ1) is 10.6. The zero-order valence-corrected chi connectivity index (χ0v) is 13.7. The summed E-state index contributed by atoms with van der Waals surface area (Å²) in [4.78, 5) is 12.6. The van der Waals surface area contributed by atoms with Crippen molar-refractivity contribution in [2.45, 2.75) is 6.92 Å². The van der Waals surface area contributed by atoms with E-state index in [-0.39, 0.29) is 5.91 Å². The molecule has 1 amide bonds. The van der Waals surface area contributed by atoms with Crippen molar-refractivity contribution in [3.05, 3.63) is 58.3 Å². The van der Waals surface area contributed by atoms with E-state index in [1.807, 2.05) is 36.4 Å². The molecule has 0 radical (unpaired) electrons. The van der Waals surface area contributed by atoms with Crippen LogP contribution in [0.15, 0.2) is 51.4 Å². The molecule has 1 aromatic heterocycles. The van der Waals surface area contributed by atoms with Gasteiger partial charge in [0.15, 0.2) is 0 Å². The van der Waals surface area contributed by atoms with E-state index in [1.165, 1.54) is 0 Å². The number of hydrogen-bond acceptors (Lipinski definition) is 3. The first-order valence-corrected chi connectivity index (χ1v) is 7.52. The number of rotatable bonds is 3. The SMILES string of the molecule is COc1ccc2oc(C)c(C(=O)Nc3ccc(Br)cc3)c2c1. The van der Waals surface area contributed by atoms with Crippen LogP contribution in [0.3, 0.4) is 0 Å². The van der Waals surface area contributed by atoms with Gasteiger partial charge >= 0.3 is 0 Å². The monoisotopic (exact) mass is 359 g/mol. The summed E-state index contributed by atoms with van der Waals surface area (Å²) in [7, 11) is 1.59. The lowest BCUT2D eigenvalue weighted by Gasteiger charge is -2.05. The highest BCUT2D eigenvalue weighted by Gasteiger charge is 2.19. The summed E-state index contributed by atoms with van der Waals surface area (Å²) in [5.74, 6) is 1.07. The van der Waals surface area contributed by atoms with E-state index < -0.39 is 0 Å². The summed E-state index contributed by atoms with van der Waals surface area (Å²) in [6.07, 6.45) is 0. The molecule has 0 saturated heterocycles. The van der Waals surface area contributed by atoms with E-state index in [0.717, 1.165) is 15.5 Å². The number of benzene rings is 2. The largest absolute Gasteiger partial charge is 0.497 e. The van der Waals surface area contributed by atoms with Crippen molar-refractivity contribution in [1.29, 1.82) is 0 Å². The maximum Gasteiger partial charge on any atom is 0.259 e. The molecule has 0 saturated carbocycles. The number of hydrogen-bond donors (Lipinski definition) is 1. The molecule has 1 heterocycles. The molecule has 0 spiro atoms. The molecular weight excluding hydrogens is 346 g/mol. The predicted molar refractivity (Wildman–Crippen MR) is 89.6 cm³/mol. The number of ether oxygens (including phenoxy) is 1. The second-order valence-electron chi connectivity index (χ2n) is 4.86. The highest BCUT2D eigenvalue weighted by Crippen LogP contribution is 2.29. The number of carbonyl (C=O) groups excluding carboxylic acids is 1. The standard InChI is InChI=1S/C17H14BrNO3/c1-10-16(14-9-13(21-2)7-8-15(14)22-10)17(20)19-12-5-3-11(18)4-6-12/h3-9H,1-2H3,(H,19,20). The van der Waals surface area contributed by atoms with Crippen molar-refractivity contribution in [3.63, 3.8) is 0 Å². The number of anilines is 1. The lowest BCUT2D eigenvalue weighted by Crippen LogP contribution is -2.12. The third-order valence-electron chi connectivity index (χ3n) is 3.40. The topological polar surface area (TPSA) is 51.5 Å². The van der Waals surface area contributed by atoms with Gasteiger partial charge in [-0.15, -0.1) is 0 Å². The molecule has 3 rings (SSSR count). The quantitative estimate of drug-likeness (QED) is 0.732. The third-order valence-corrected chi connectivity index (χ3v) is 3.93. The molecule has 0 bridgehead atoms. The van der Waals surface area contributed by atoms with Crippen LogP contribution in [0.5, 0.6) is 5.75 Å². The average Bonchev–Trinajstić information content (AvgIpc) is 2.84. The molecule has 0 fully saturated rings. The van der Waals surface area contributed by atoms with Crippen molar-refractivity contribution in [1.82, 2.24) is 0 Å². The van der Waals surface area contributed by atoms with Gasteiger partial charge in [0, 0.05) is 15.5 Å². The second-order valence-corrected chi connectivity index (χ2v) is 5.77. The Morgan fingerprint density at radius 3 is 2.59 bits per heavy atom. The van der Waals surface area contributed by atoms with Crippen molar-refractivity contribution < 1.29 is 13.9 Å². The van der Waals surface area contributed by atoms with Crippen LogP contribution < -0.4 is 10.1 Å². The van der Waals surface area contributed by atoms with Gasteiger partial charge in [0.1, 0.15) is 17.1 Å². The summed E-state index contributed by atoms with van der Waals surface area (Å²) in [6, 6.07) is 12.8. The Hall–Kier alpha value is -2.27. The number of methoxy groups -OCH3 is 1. The minimum atomic E-state index is -0.202. The zero-order valence-electron chi connectivity index (χ0n) is 12.1. The minimum Gasteiger partial charge on any atom is -0.497 e. The summed E-state index contributed by atoms with van der Waals surface area (Å²) in [6.45, 7) is 1.78. The van der Waals surface area contributed by atoms with Gasteiger partial charge in [-0.1, -0.05) is 15.9 Å². The molecular formula is C17H14BrNO3. The van der Waals surface area contributed by atoms with Crippen molar-refractivity contribution in [2.75, 3.05) is 12.4 Å². The highest BCUT2D eigenvalue weighted by molar-refractivity contribution is 9.10. The van der Waals surface area contributed by atoms with Crippen LogP contribution in [-0.4, -0.2) is 13.0 Å². The fourth-order valence-electron chi connectivity index (χ4n) is 2.34. The van der Waals surface area contributed by atoms with Crippen LogP contribution in [0.2, 0.25) is 0 Å². The van der Waals surface area contributed by atoms with Crippen LogP contribution in [0.4, 0.5) is 5.69 Å². The molecule has 0 aliphatic rings. The highest BCUT2D eigenvalue weighted by atomic mass is 79.9. The smallest absolute Gasteiger partial charge is 0.259 e. The third kappa shape index (κ3) is 2.72. The molecule has 0 aliphatic heterocycles. The summed E-state index contributed by atoms with van der Waals surface area (Å²) in [5.41, 5.74) is 1.92. The van der Waals surface area contributed by atoms with Crippen LogP contribution in [0.25, 0.3) is 11.0 Å². The number of amides is 1. The Labute approximate surface area is 136 Å². The predicted octanol–water partition coefficient (Wildman–Crippen LogP) is 4.76. The van der Waals surface area contributed by atoms with E-state index in [0.29, 0.717) is 22.7 Å². The van der Waals surface area contributed by atoms with Crippen LogP contribution in [0, 0.1) is 6.92 Å². The van der Waals surface area contributed by atoms with Crippen molar-refractivity contribution in [3.8, 4) is 5.75 Å². The molecule has 0 aliphatic carbocycles. The maximum atomic E-state index is 12.6. The number of aryl methyl sites for hydroxylation is 1. The molecule has 3 aromatic rings. The number of furan rings is 1. The summed E-state index contributed by atoms with van der Waals surface area (Å²) in [5, 5.41) is 3.62. The van der Waals surface area contributed by atoms with E-state index in [2.05, 4.69) is 21.2 Å². The second kappa shape index (κ2) is 5.85. The Bertz CT molecular complexity index is 837. The maximum absolute atomic E-state index is 12.6. The lowest BCUT2D eigenvalue weighted by atomic mass is 10.1. The fraction of sp³-hybridized carbons (Fsp3) is 0.118. The van der Waals surface area contributed by atoms with E-state index >= 15 is 0 Å². The fourth-order valence-corrected chi connectivity index (χ4v) is 2.60. The molecule has 5 heteroatoms. The van der Waals surface area contributed by atoms with Crippen LogP contribution in [-0.2, 0) is 0 Å². The average molecular weight is 360 g/mol. The van der Waals surface area contributed by atoms with Gasteiger partial charge in [-0.2, -0.15) is 0 Å². The Balaban J connectivity index is 1.99. The number of carbonyl (C=O) groups is 1. The van der Waals surface area contributed by atoms with E-state index in [4.69, 9.17) is 9.15 Å². The molecule has 4 nitrogen and oxygen atoms in total. The van der Waals surface area contributed by atoms with E-state index in [1.54, 1.807) is 20.1 Å². The van der Waals surface area contributed by atoms with Crippen molar-refractivity contribution in [2.24, 2.45) is 0 Å². The number of nitrogens with one attached hydrogen (secondary N) is 1. The molecule has 0 unspecified atom stereocenters. The first-order valence-electron chi connectivity index (χ1n) is 6.72. The summed E-state index contributed by atoms with van der Waals surface area (Å²) < 4.78 is 11.8. The first kappa shape index (κ1) is 14.7. The molecule has 2 aromatic carbocycles. The van der Waals surface area contributed by atoms with Gasteiger partial charge in [-0.3, -0.25) is 4.79 Å². The van der Waals surface area contributed by atoms with Gasteiger partial charge < -0.3 is 14.5 Å². The Morgan fingerprint density at radius 2 is 1.91 bits per heavy atom. The molecule has 112 valence electrons. The van der Waals surface area contributed by atoms with E-state index in [9.17, 15) is 4.79 Å². The van der Waals surface area contributed by atoms with Gasteiger partial charge in [-0.05, 0) is 49.4 Å². The van der Waals surface area contributed by atoms with Crippen LogP contribution in [0.1, 0.15) is 16.1 Å². The molecule has 22 heavy (non-hydrogen) atoms.